The Bertz CT molecular complexity index is 473. The number of rotatable bonds is 5. The van der Waals surface area contributed by atoms with Crippen molar-refractivity contribution in [3.05, 3.63) is 40.6 Å². The quantitative estimate of drug-likeness (QED) is 0.886. The van der Waals surface area contributed by atoms with E-state index in [4.69, 9.17) is 4.74 Å². The number of hydrogen-bond donors (Lipinski definition) is 1. The second-order valence-electron chi connectivity index (χ2n) is 3.39. The van der Waals surface area contributed by atoms with Gasteiger partial charge in [-0.05, 0) is 19.1 Å². The van der Waals surface area contributed by atoms with Crippen LogP contribution in [0.15, 0.2) is 29.9 Å². The lowest BCUT2D eigenvalue weighted by Gasteiger charge is -2.11. The van der Waals surface area contributed by atoms with Crippen LogP contribution >= 0.6 is 11.3 Å². The number of halogens is 1. The second kappa shape index (κ2) is 5.63. The number of ether oxygens (including phenoxy) is 1. The van der Waals surface area contributed by atoms with Crippen LogP contribution in [0.2, 0.25) is 0 Å². The van der Waals surface area contributed by atoms with Gasteiger partial charge in [-0.25, -0.2) is 4.39 Å². The molecule has 1 aromatic heterocycles. The van der Waals surface area contributed by atoms with E-state index in [2.05, 4.69) is 10.3 Å². The van der Waals surface area contributed by atoms with Gasteiger partial charge in [0.25, 0.3) is 0 Å². The van der Waals surface area contributed by atoms with Crippen molar-refractivity contribution in [1.29, 1.82) is 0 Å². The molecular weight excluding hydrogens is 239 g/mol. The lowest BCUT2D eigenvalue weighted by Crippen LogP contribution is -2.02. The van der Waals surface area contributed by atoms with E-state index in [0.717, 1.165) is 10.6 Å². The van der Waals surface area contributed by atoms with E-state index in [-0.39, 0.29) is 5.82 Å². The maximum absolute atomic E-state index is 13.1. The van der Waals surface area contributed by atoms with Gasteiger partial charge in [0.2, 0.25) is 0 Å². The summed E-state index contributed by atoms with van der Waals surface area (Å²) in [6.45, 7) is 3.05. The molecule has 0 aliphatic heterocycles. The molecule has 0 fully saturated rings. The van der Waals surface area contributed by atoms with E-state index in [9.17, 15) is 4.39 Å². The lowest BCUT2D eigenvalue weighted by molar-refractivity contribution is 0.340. The number of aromatic nitrogens is 1. The number of thiazole rings is 1. The molecule has 0 unspecified atom stereocenters. The number of nitrogens with zero attached hydrogens (tertiary/aromatic N) is 1. The summed E-state index contributed by atoms with van der Waals surface area (Å²) < 4.78 is 18.4. The third-order valence-electron chi connectivity index (χ3n) is 2.18. The van der Waals surface area contributed by atoms with Crippen molar-refractivity contribution in [1.82, 2.24) is 4.98 Å². The standard InChI is InChI=1S/C12H13FN2OS/c1-2-16-12-5-9(13)3-4-11(12)15-7-10-6-14-8-17-10/h3-6,8,15H,2,7H2,1H3. The van der Waals surface area contributed by atoms with Gasteiger partial charge in [0, 0.05) is 17.1 Å². The number of nitrogens with one attached hydrogen (secondary N) is 1. The Labute approximate surface area is 103 Å². The van der Waals surface area contributed by atoms with Crippen LogP contribution in [0.4, 0.5) is 10.1 Å². The molecular formula is C12H13FN2OS. The summed E-state index contributed by atoms with van der Waals surface area (Å²) in [7, 11) is 0. The van der Waals surface area contributed by atoms with Gasteiger partial charge in [-0.2, -0.15) is 0 Å². The molecule has 90 valence electrons. The molecule has 0 saturated carbocycles. The maximum Gasteiger partial charge on any atom is 0.145 e. The van der Waals surface area contributed by atoms with Gasteiger partial charge >= 0.3 is 0 Å². The van der Waals surface area contributed by atoms with Crippen LogP contribution < -0.4 is 10.1 Å². The third-order valence-corrected chi connectivity index (χ3v) is 2.96. The monoisotopic (exact) mass is 252 g/mol. The van der Waals surface area contributed by atoms with Gasteiger partial charge in [0.15, 0.2) is 0 Å². The van der Waals surface area contributed by atoms with E-state index < -0.39 is 0 Å². The molecule has 1 aromatic carbocycles. The molecule has 0 aliphatic carbocycles. The van der Waals surface area contributed by atoms with Crippen molar-refractivity contribution in [3.8, 4) is 5.75 Å². The first-order valence-corrected chi connectivity index (χ1v) is 6.21. The zero-order valence-corrected chi connectivity index (χ0v) is 10.3. The molecule has 2 aromatic rings. The maximum atomic E-state index is 13.1. The minimum absolute atomic E-state index is 0.295. The first kappa shape index (κ1) is 11.9. The minimum atomic E-state index is -0.295. The largest absolute Gasteiger partial charge is 0.492 e. The van der Waals surface area contributed by atoms with Crippen LogP contribution in [0, 0.1) is 5.82 Å². The molecule has 1 heterocycles. The molecule has 3 nitrogen and oxygen atoms in total. The number of hydrogen-bond acceptors (Lipinski definition) is 4. The Balaban J connectivity index is 2.08. The van der Waals surface area contributed by atoms with Crippen LogP contribution in [0.25, 0.3) is 0 Å². The summed E-state index contributed by atoms with van der Waals surface area (Å²) in [5.74, 6) is 0.244. The smallest absolute Gasteiger partial charge is 0.145 e. The van der Waals surface area contributed by atoms with Gasteiger partial charge in [-0.3, -0.25) is 4.98 Å². The van der Waals surface area contributed by atoms with Gasteiger partial charge < -0.3 is 10.1 Å². The average Bonchev–Trinajstić information content (AvgIpc) is 2.81. The van der Waals surface area contributed by atoms with Gasteiger partial charge in [-0.15, -0.1) is 11.3 Å². The highest BCUT2D eigenvalue weighted by molar-refractivity contribution is 7.09. The zero-order valence-electron chi connectivity index (χ0n) is 9.44. The number of benzene rings is 1. The van der Waals surface area contributed by atoms with Crippen molar-refractivity contribution >= 4 is 17.0 Å². The highest BCUT2D eigenvalue weighted by Gasteiger charge is 2.05. The van der Waals surface area contributed by atoms with Gasteiger partial charge in [-0.1, -0.05) is 0 Å². The van der Waals surface area contributed by atoms with Crippen LogP contribution in [-0.4, -0.2) is 11.6 Å². The normalized spacial score (nSPS) is 10.2. The van der Waals surface area contributed by atoms with Crippen molar-refractivity contribution in [2.24, 2.45) is 0 Å². The molecule has 17 heavy (non-hydrogen) atoms. The van der Waals surface area contributed by atoms with Crippen LogP contribution in [0.5, 0.6) is 5.75 Å². The lowest BCUT2D eigenvalue weighted by atomic mass is 10.3. The van der Waals surface area contributed by atoms with Crippen LogP contribution in [-0.2, 0) is 6.54 Å². The molecule has 0 aliphatic rings. The van der Waals surface area contributed by atoms with Crippen molar-refractivity contribution in [2.75, 3.05) is 11.9 Å². The molecule has 1 N–H and O–H groups in total. The fraction of sp³-hybridized carbons (Fsp3) is 0.250. The Morgan fingerprint density at radius 3 is 3.06 bits per heavy atom. The molecule has 0 bridgehead atoms. The fourth-order valence-electron chi connectivity index (χ4n) is 1.43. The summed E-state index contributed by atoms with van der Waals surface area (Å²) in [4.78, 5) is 5.12. The highest BCUT2D eigenvalue weighted by atomic mass is 32.1. The Morgan fingerprint density at radius 2 is 2.35 bits per heavy atom. The van der Waals surface area contributed by atoms with E-state index in [1.54, 1.807) is 22.9 Å². The second-order valence-corrected chi connectivity index (χ2v) is 4.37. The van der Waals surface area contributed by atoms with Crippen LogP contribution in [0.1, 0.15) is 11.8 Å². The zero-order chi connectivity index (χ0) is 12.1. The predicted octanol–water partition coefficient (Wildman–Crippen LogP) is 3.29. The Hall–Kier alpha value is -1.62. The SMILES string of the molecule is CCOc1cc(F)ccc1NCc1cncs1. The molecule has 0 amide bonds. The van der Waals surface area contributed by atoms with Crippen LogP contribution in [0.3, 0.4) is 0 Å². The van der Waals surface area contributed by atoms with Crippen molar-refractivity contribution in [2.45, 2.75) is 13.5 Å². The van der Waals surface area contributed by atoms with Gasteiger partial charge in [0.05, 0.1) is 24.3 Å². The van der Waals surface area contributed by atoms with Crippen molar-refractivity contribution in [3.63, 3.8) is 0 Å². The Morgan fingerprint density at radius 1 is 1.47 bits per heavy atom. The van der Waals surface area contributed by atoms with E-state index in [1.807, 2.05) is 13.1 Å². The summed E-state index contributed by atoms with van der Waals surface area (Å²) in [5.41, 5.74) is 2.58. The average molecular weight is 252 g/mol. The van der Waals surface area contributed by atoms with Gasteiger partial charge in [0.1, 0.15) is 11.6 Å². The summed E-state index contributed by atoms with van der Waals surface area (Å²) in [6.07, 6.45) is 1.81. The first-order valence-electron chi connectivity index (χ1n) is 5.33. The molecule has 0 spiro atoms. The van der Waals surface area contributed by atoms with E-state index in [1.165, 1.54) is 12.1 Å². The minimum Gasteiger partial charge on any atom is -0.492 e. The van der Waals surface area contributed by atoms with Crippen molar-refractivity contribution < 1.29 is 9.13 Å². The summed E-state index contributed by atoms with van der Waals surface area (Å²) in [6, 6.07) is 4.48. The third kappa shape index (κ3) is 3.17. The van der Waals surface area contributed by atoms with E-state index in [0.29, 0.717) is 18.9 Å². The molecule has 2 rings (SSSR count). The predicted molar refractivity (Wildman–Crippen MR) is 67.0 cm³/mol. The summed E-state index contributed by atoms with van der Waals surface area (Å²) in [5, 5.41) is 3.21. The Kier molecular flexibility index (Phi) is 3.93. The highest BCUT2D eigenvalue weighted by Crippen LogP contribution is 2.26. The summed E-state index contributed by atoms with van der Waals surface area (Å²) >= 11 is 1.58. The topological polar surface area (TPSA) is 34.1 Å². The fourth-order valence-corrected chi connectivity index (χ4v) is 1.96. The first-order chi connectivity index (χ1) is 8.29. The van der Waals surface area contributed by atoms with E-state index >= 15 is 0 Å². The number of anilines is 1. The molecule has 0 saturated heterocycles. The molecule has 0 radical (unpaired) electrons. The molecule has 5 heteroatoms. The molecule has 0 atom stereocenters.